The van der Waals surface area contributed by atoms with E-state index in [1.165, 1.54) is 19.3 Å². The fraction of sp³-hybridized carbons (Fsp3) is 0.667. The zero-order chi connectivity index (χ0) is 12.4. The van der Waals surface area contributed by atoms with Gasteiger partial charge in [-0.15, -0.1) is 0 Å². The number of unbranched alkanes of at least 4 members (excludes halogenated alkanes) is 3. The largest absolute Gasteiger partial charge is 0.428 e. The number of ether oxygens (including phenoxy) is 1. The summed E-state index contributed by atoms with van der Waals surface area (Å²) in [4.78, 5) is 16.7. The van der Waals surface area contributed by atoms with Crippen molar-refractivity contribution in [2.75, 3.05) is 6.61 Å². The summed E-state index contributed by atoms with van der Waals surface area (Å²) in [6.45, 7) is 2.75. The van der Waals surface area contributed by atoms with Gasteiger partial charge in [-0.1, -0.05) is 26.2 Å². The predicted molar refractivity (Wildman–Crippen MR) is 52.5 cm³/mol. The normalized spacial score (nSPS) is 6.13. The van der Waals surface area contributed by atoms with Gasteiger partial charge in [0.2, 0.25) is 12.2 Å². The van der Waals surface area contributed by atoms with Crippen LogP contribution in [0.5, 0.6) is 0 Å². The molecule has 0 aromatic rings. The average molecular weight is 213 g/mol. The van der Waals surface area contributed by atoms with Crippen LogP contribution in [0, 0.1) is 22.3 Å². The maximum Gasteiger partial charge on any atom is 0.286 e. The second-order valence-electron chi connectivity index (χ2n) is 2.20. The second kappa shape index (κ2) is 29.6. The molecule has 0 heterocycles. The van der Waals surface area contributed by atoms with Gasteiger partial charge in [0.1, 0.15) is 6.61 Å². The third-order valence-electron chi connectivity index (χ3n) is 1.16. The van der Waals surface area contributed by atoms with Gasteiger partial charge in [-0.05, 0) is 6.42 Å². The number of isocyanates is 2. The van der Waals surface area contributed by atoms with Crippen molar-refractivity contribution >= 4 is 12.2 Å². The first-order valence-electron chi connectivity index (χ1n) is 4.33. The van der Waals surface area contributed by atoms with Crippen LogP contribution >= 0.6 is 0 Å². The zero-order valence-corrected chi connectivity index (χ0v) is 8.71. The Balaban J connectivity index is -0.000000200. The molecule has 2 N–H and O–H groups in total. The van der Waals surface area contributed by atoms with Gasteiger partial charge >= 0.3 is 0 Å². The van der Waals surface area contributed by atoms with E-state index >= 15 is 0 Å². The predicted octanol–water partition coefficient (Wildman–Crippen LogP) is 1.87. The molecule has 0 saturated heterocycles. The quantitative estimate of drug-likeness (QED) is 0.314. The number of hydrogen-bond acceptors (Lipinski definition) is 6. The van der Waals surface area contributed by atoms with Crippen LogP contribution in [0.15, 0.2) is 0 Å². The van der Waals surface area contributed by atoms with Crippen molar-refractivity contribution in [3.8, 4) is 6.26 Å². The molecular formula is C9H15N3O3. The molecule has 0 radical (unpaired) electrons. The molecule has 0 bridgehead atoms. The number of rotatable bonds is 5. The van der Waals surface area contributed by atoms with Crippen molar-refractivity contribution in [1.29, 1.82) is 16.1 Å². The fourth-order valence-corrected chi connectivity index (χ4v) is 0.647. The van der Waals surface area contributed by atoms with Crippen molar-refractivity contribution in [2.45, 2.75) is 32.6 Å². The Labute approximate surface area is 88.9 Å². The lowest BCUT2D eigenvalue weighted by molar-refractivity contribution is 0.260. The van der Waals surface area contributed by atoms with Gasteiger partial charge < -0.3 is 4.74 Å². The molecule has 15 heavy (non-hydrogen) atoms. The van der Waals surface area contributed by atoms with Crippen LogP contribution in [-0.2, 0) is 14.3 Å². The summed E-state index contributed by atoms with van der Waals surface area (Å²) in [5, 5.41) is 18.8. The molecule has 0 saturated carbocycles. The molecule has 6 heteroatoms. The van der Waals surface area contributed by atoms with Gasteiger partial charge in [-0.2, -0.15) is 5.26 Å². The molecular weight excluding hydrogens is 198 g/mol. The van der Waals surface area contributed by atoms with Gasteiger partial charge in [0.25, 0.3) is 6.26 Å². The number of nitrogens with zero attached hydrogens (tertiary/aromatic N) is 1. The summed E-state index contributed by atoms with van der Waals surface area (Å²) in [5.74, 6) is 0. The van der Waals surface area contributed by atoms with Crippen LogP contribution in [0.3, 0.4) is 0 Å². The van der Waals surface area contributed by atoms with E-state index in [0.717, 1.165) is 18.6 Å². The number of nitrogens with one attached hydrogen (secondary N) is 2. The van der Waals surface area contributed by atoms with E-state index in [4.69, 9.17) is 25.7 Å². The third kappa shape index (κ3) is 74.2. The first kappa shape index (κ1) is 18.8. The molecule has 0 unspecified atom stereocenters. The highest BCUT2D eigenvalue weighted by molar-refractivity contribution is 5.26. The van der Waals surface area contributed by atoms with E-state index in [-0.39, 0.29) is 0 Å². The zero-order valence-electron chi connectivity index (χ0n) is 8.71. The molecule has 0 aromatic heterocycles. The Morgan fingerprint density at radius 2 is 1.60 bits per heavy atom. The minimum Gasteiger partial charge on any atom is -0.428 e. The molecule has 0 fully saturated rings. The van der Waals surface area contributed by atoms with E-state index in [1.54, 1.807) is 6.26 Å². The molecule has 0 atom stereocenters. The van der Waals surface area contributed by atoms with E-state index in [1.807, 2.05) is 0 Å². The van der Waals surface area contributed by atoms with Crippen molar-refractivity contribution in [3.05, 3.63) is 0 Å². The summed E-state index contributed by atoms with van der Waals surface area (Å²) >= 11 is 0. The molecule has 0 aromatic carbocycles. The Bertz CT molecular complexity index is 199. The second-order valence-corrected chi connectivity index (χ2v) is 2.20. The van der Waals surface area contributed by atoms with Crippen LogP contribution in [0.1, 0.15) is 32.6 Å². The van der Waals surface area contributed by atoms with Crippen LogP contribution in [-0.4, -0.2) is 18.8 Å². The molecule has 0 rings (SSSR count). The van der Waals surface area contributed by atoms with Crippen molar-refractivity contribution < 1.29 is 14.3 Å². The van der Waals surface area contributed by atoms with Crippen LogP contribution in [0.2, 0.25) is 0 Å². The Morgan fingerprint density at radius 1 is 1.13 bits per heavy atom. The highest BCUT2D eigenvalue weighted by Crippen LogP contribution is 1.97. The number of hydrogen-bond donors (Lipinski definition) is 2. The topological polar surface area (TPSA) is 115 Å². The lowest BCUT2D eigenvalue weighted by Crippen LogP contribution is -1.86. The monoisotopic (exact) mass is 213 g/mol. The van der Waals surface area contributed by atoms with Crippen molar-refractivity contribution in [1.82, 2.24) is 0 Å². The molecule has 0 aliphatic rings. The summed E-state index contributed by atoms with van der Waals surface area (Å²) in [7, 11) is 0. The third-order valence-corrected chi connectivity index (χ3v) is 1.16. The van der Waals surface area contributed by atoms with Gasteiger partial charge in [0, 0.05) is 0 Å². The molecule has 84 valence electrons. The standard InChI is InChI=1S/C7H13NO.2CHNO/c1-2-3-4-5-6-9-7-8;2*2-1-3/h2-6H2,1H3;2*2H. The maximum atomic E-state index is 8.35. The first-order chi connectivity index (χ1) is 7.24. The average Bonchev–Trinajstić information content (AvgIpc) is 2.20. The van der Waals surface area contributed by atoms with E-state index < -0.39 is 0 Å². The summed E-state index contributed by atoms with van der Waals surface area (Å²) in [5.41, 5.74) is 0. The van der Waals surface area contributed by atoms with Crippen LogP contribution < -0.4 is 0 Å². The minimum atomic E-state index is 0.594. The van der Waals surface area contributed by atoms with Gasteiger partial charge in [0.05, 0.1) is 0 Å². The molecule has 6 nitrogen and oxygen atoms in total. The molecule has 0 aliphatic heterocycles. The summed E-state index contributed by atoms with van der Waals surface area (Å²) in [6.07, 6.45) is 7.81. The molecule has 0 spiro atoms. The summed E-state index contributed by atoms with van der Waals surface area (Å²) in [6, 6.07) is 0. The fourth-order valence-electron chi connectivity index (χ4n) is 0.647. The van der Waals surface area contributed by atoms with Crippen molar-refractivity contribution in [2.24, 2.45) is 0 Å². The Hall–Kier alpha value is -1.95. The van der Waals surface area contributed by atoms with E-state index in [0.29, 0.717) is 6.61 Å². The van der Waals surface area contributed by atoms with E-state index in [9.17, 15) is 0 Å². The van der Waals surface area contributed by atoms with Crippen LogP contribution in [0.4, 0.5) is 0 Å². The maximum absolute atomic E-state index is 8.35. The summed E-state index contributed by atoms with van der Waals surface area (Å²) < 4.78 is 4.49. The lowest BCUT2D eigenvalue weighted by atomic mass is 10.2. The van der Waals surface area contributed by atoms with Gasteiger partial charge in [-0.3, -0.25) is 0 Å². The Kier molecular flexibility index (Phi) is 37.0. The lowest BCUT2D eigenvalue weighted by Gasteiger charge is -1.94. The first-order valence-corrected chi connectivity index (χ1v) is 4.33. The Morgan fingerprint density at radius 3 is 1.93 bits per heavy atom. The number of nitriles is 1. The van der Waals surface area contributed by atoms with Crippen molar-refractivity contribution in [3.63, 3.8) is 0 Å². The highest BCUT2D eigenvalue weighted by atomic mass is 16.5. The minimum absolute atomic E-state index is 0.594. The smallest absolute Gasteiger partial charge is 0.286 e. The highest BCUT2D eigenvalue weighted by Gasteiger charge is 1.85. The van der Waals surface area contributed by atoms with E-state index in [2.05, 4.69) is 11.7 Å². The molecule has 0 amide bonds. The number of carbonyl (C=O) groups excluding carboxylic acids is 2. The SMILES string of the molecule is CCCCCCOC#N.N=C=O.N=C=O. The molecule has 0 aliphatic carbocycles. The van der Waals surface area contributed by atoms with Gasteiger partial charge in [-0.25, -0.2) is 20.4 Å². The van der Waals surface area contributed by atoms with Gasteiger partial charge in [0.15, 0.2) is 0 Å². The van der Waals surface area contributed by atoms with Crippen LogP contribution in [0.25, 0.3) is 0 Å².